The fourth-order valence-corrected chi connectivity index (χ4v) is 7.53. The number of methoxy groups -OCH3 is 1. The van der Waals surface area contributed by atoms with Crippen LogP contribution in [0.1, 0.15) is 20.3 Å². The van der Waals surface area contributed by atoms with E-state index < -0.39 is 31.0 Å². The molecule has 0 unspecified atom stereocenters. The van der Waals surface area contributed by atoms with Crippen molar-refractivity contribution in [3.8, 4) is 5.75 Å². The number of nitrogens with one attached hydrogen (secondary N) is 1. The quantitative estimate of drug-likeness (QED) is 0.772. The number of hydrogen-bond acceptors (Lipinski definition) is 6. The minimum atomic E-state index is -3.73. The molecule has 0 aromatic heterocycles. The summed E-state index contributed by atoms with van der Waals surface area (Å²) in [5.41, 5.74) is 0. The molecule has 1 saturated heterocycles. The van der Waals surface area contributed by atoms with Crippen LogP contribution in [0.3, 0.4) is 0 Å². The van der Waals surface area contributed by atoms with Crippen LogP contribution in [0.2, 0.25) is 0 Å². The third kappa shape index (κ3) is 4.49. The minimum absolute atomic E-state index is 0.126. The van der Waals surface area contributed by atoms with Crippen molar-refractivity contribution in [3.05, 3.63) is 24.3 Å². The van der Waals surface area contributed by atoms with Gasteiger partial charge in [-0.1, -0.05) is 13.8 Å². The van der Waals surface area contributed by atoms with E-state index in [0.717, 1.165) is 6.42 Å². The van der Waals surface area contributed by atoms with Crippen molar-refractivity contribution in [2.24, 2.45) is 5.92 Å². The average molecular weight is 376 g/mol. The largest absolute Gasteiger partial charge is 0.497 e. The highest BCUT2D eigenvalue weighted by Crippen LogP contribution is 2.27. The third-order valence-electron chi connectivity index (χ3n) is 4.22. The highest BCUT2D eigenvalue weighted by Gasteiger charge is 2.45. The Balaban J connectivity index is 2.24. The Kier molecular flexibility index (Phi) is 5.93. The molecule has 0 radical (unpaired) electrons. The Hall–Kier alpha value is -1.12. The lowest BCUT2D eigenvalue weighted by atomic mass is 10.1. The van der Waals surface area contributed by atoms with Gasteiger partial charge in [0.25, 0.3) is 0 Å². The molecule has 1 fully saturated rings. The second-order valence-electron chi connectivity index (χ2n) is 6.58. The van der Waals surface area contributed by atoms with Gasteiger partial charge in [0.2, 0.25) is 0 Å². The van der Waals surface area contributed by atoms with Crippen molar-refractivity contribution in [2.45, 2.75) is 36.5 Å². The molecule has 1 aromatic carbocycles. The van der Waals surface area contributed by atoms with E-state index in [4.69, 9.17) is 4.74 Å². The summed E-state index contributed by atoms with van der Waals surface area (Å²) in [6.07, 6.45) is 0.867. The molecule has 1 aromatic rings. The lowest BCUT2D eigenvalue weighted by Crippen LogP contribution is -2.43. The summed E-state index contributed by atoms with van der Waals surface area (Å²) >= 11 is 0. The van der Waals surface area contributed by atoms with Crippen LogP contribution in [-0.4, -0.2) is 53.3 Å². The van der Waals surface area contributed by atoms with E-state index in [0.29, 0.717) is 18.2 Å². The Morgan fingerprint density at radius 2 is 1.83 bits per heavy atom. The summed E-state index contributed by atoms with van der Waals surface area (Å²) in [7, 11) is -5.60. The van der Waals surface area contributed by atoms with E-state index in [1.54, 1.807) is 12.1 Å². The van der Waals surface area contributed by atoms with Crippen molar-refractivity contribution >= 4 is 19.7 Å². The minimum Gasteiger partial charge on any atom is -0.497 e. The summed E-state index contributed by atoms with van der Waals surface area (Å²) < 4.78 is 54.8. The monoisotopic (exact) mass is 375 g/mol. The maximum Gasteiger partial charge on any atom is 0.183 e. The molecule has 24 heavy (non-hydrogen) atoms. The smallest absolute Gasteiger partial charge is 0.183 e. The SMILES string of the molecule is COc1ccc(S(=O)(=O)[C@@H]2CS(=O)(=O)C[C@H]2NCCC(C)C)cc1. The van der Waals surface area contributed by atoms with Crippen LogP contribution in [0.15, 0.2) is 29.2 Å². The number of hydrogen-bond donors (Lipinski definition) is 1. The molecule has 1 aliphatic heterocycles. The number of benzene rings is 1. The molecule has 1 N–H and O–H groups in total. The standard InChI is InChI=1S/C16H25NO5S2/c1-12(2)8-9-17-15-10-23(18,19)11-16(15)24(20,21)14-6-4-13(22-3)5-7-14/h4-7,12,15-17H,8-11H2,1-3H3/t15-,16-/m1/s1. The molecule has 1 heterocycles. The zero-order chi connectivity index (χ0) is 18.0. The zero-order valence-electron chi connectivity index (χ0n) is 14.2. The Bertz CT molecular complexity index is 754. The van der Waals surface area contributed by atoms with Gasteiger partial charge in [-0.3, -0.25) is 0 Å². The Morgan fingerprint density at radius 3 is 2.38 bits per heavy atom. The van der Waals surface area contributed by atoms with Crippen molar-refractivity contribution < 1.29 is 21.6 Å². The first kappa shape index (κ1) is 19.2. The third-order valence-corrected chi connectivity index (χ3v) is 8.38. The van der Waals surface area contributed by atoms with Crippen LogP contribution < -0.4 is 10.1 Å². The molecule has 0 aliphatic carbocycles. The van der Waals surface area contributed by atoms with E-state index in [1.807, 2.05) is 0 Å². The second kappa shape index (κ2) is 7.41. The first-order valence-electron chi connectivity index (χ1n) is 7.97. The van der Waals surface area contributed by atoms with E-state index in [2.05, 4.69) is 19.2 Å². The van der Waals surface area contributed by atoms with Crippen molar-refractivity contribution in [1.82, 2.24) is 5.32 Å². The maximum absolute atomic E-state index is 12.9. The summed E-state index contributed by atoms with van der Waals surface area (Å²) in [5.74, 6) is 0.554. The predicted molar refractivity (Wildman–Crippen MR) is 93.9 cm³/mol. The van der Waals surface area contributed by atoms with Gasteiger partial charge in [0, 0.05) is 6.04 Å². The Labute approximate surface area is 144 Å². The molecule has 0 saturated carbocycles. The van der Waals surface area contributed by atoms with Crippen LogP contribution in [0, 0.1) is 5.92 Å². The summed E-state index contributed by atoms with van der Waals surface area (Å²) in [6, 6.07) is 5.49. The summed E-state index contributed by atoms with van der Waals surface area (Å²) in [4.78, 5) is 0.126. The fourth-order valence-electron chi connectivity index (χ4n) is 2.81. The zero-order valence-corrected chi connectivity index (χ0v) is 15.9. The summed E-state index contributed by atoms with van der Waals surface area (Å²) in [5, 5.41) is 2.18. The van der Waals surface area contributed by atoms with Crippen molar-refractivity contribution in [3.63, 3.8) is 0 Å². The fraction of sp³-hybridized carbons (Fsp3) is 0.625. The molecule has 1 aliphatic rings. The van der Waals surface area contributed by atoms with Gasteiger partial charge >= 0.3 is 0 Å². The first-order valence-corrected chi connectivity index (χ1v) is 11.3. The van der Waals surface area contributed by atoms with Crippen molar-refractivity contribution in [2.75, 3.05) is 25.2 Å². The van der Waals surface area contributed by atoms with Gasteiger partial charge in [0.05, 0.1) is 28.8 Å². The molecule has 2 atom stereocenters. The molecule has 0 spiro atoms. The van der Waals surface area contributed by atoms with Gasteiger partial charge < -0.3 is 10.1 Å². The van der Waals surface area contributed by atoms with E-state index >= 15 is 0 Å². The highest BCUT2D eigenvalue weighted by molar-refractivity contribution is 7.96. The van der Waals surface area contributed by atoms with E-state index in [1.165, 1.54) is 19.2 Å². The molecule has 2 rings (SSSR count). The van der Waals surface area contributed by atoms with Crippen LogP contribution in [-0.2, 0) is 19.7 Å². The number of sulfone groups is 2. The van der Waals surface area contributed by atoms with Crippen LogP contribution >= 0.6 is 0 Å². The average Bonchev–Trinajstić information content (AvgIpc) is 2.82. The molecular weight excluding hydrogens is 350 g/mol. The molecule has 6 nitrogen and oxygen atoms in total. The number of rotatable bonds is 7. The van der Waals surface area contributed by atoms with Crippen LogP contribution in [0.5, 0.6) is 5.75 Å². The highest BCUT2D eigenvalue weighted by atomic mass is 32.2. The molecule has 8 heteroatoms. The number of ether oxygens (including phenoxy) is 1. The van der Waals surface area contributed by atoms with Crippen LogP contribution in [0.25, 0.3) is 0 Å². The van der Waals surface area contributed by atoms with Gasteiger partial charge in [0.15, 0.2) is 19.7 Å². The van der Waals surface area contributed by atoms with Gasteiger partial charge in [0.1, 0.15) is 5.75 Å². The van der Waals surface area contributed by atoms with Gasteiger partial charge in [-0.15, -0.1) is 0 Å². The van der Waals surface area contributed by atoms with Gasteiger partial charge in [-0.05, 0) is 43.1 Å². The van der Waals surface area contributed by atoms with E-state index in [9.17, 15) is 16.8 Å². The van der Waals surface area contributed by atoms with Crippen LogP contribution in [0.4, 0.5) is 0 Å². The van der Waals surface area contributed by atoms with Gasteiger partial charge in [-0.2, -0.15) is 0 Å². The molecule has 0 amide bonds. The molecule has 136 valence electrons. The lowest BCUT2D eigenvalue weighted by molar-refractivity contribution is 0.414. The summed E-state index contributed by atoms with van der Waals surface area (Å²) in [6.45, 7) is 4.74. The maximum atomic E-state index is 12.9. The van der Waals surface area contributed by atoms with Gasteiger partial charge in [-0.25, -0.2) is 16.8 Å². The first-order chi connectivity index (χ1) is 11.2. The Morgan fingerprint density at radius 1 is 1.21 bits per heavy atom. The van der Waals surface area contributed by atoms with E-state index in [-0.39, 0.29) is 16.4 Å². The second-order valence-corrected chi connectivity index (χ2v) is 10.9. The topological polar surface area (TPSA) is 89.5 Å². The molecule has 0 bridgehead atoms. The predicted octanol–water partition coefficient (Wildman–Crippen LogP) is 1.27. The normalized spacial score (nSPS) is 23.5. The molecular formula is C16H25NO5S2. The lowest BCUT2D eigenvalue weighted by Gasteiger charge is -2.20. The van der Waals surface area contributed by atoms with Crippen molar-refractivity contribution in [1.29, 1.82) is 0 Å².